The number of alkyl carbamates (subject to hydrolysis) is 1. The molecule has 0 aliphatic rings. The highest BCUT2D eigenvalue weighted by atomic mass is 16.6. The summed E-state index contributed by atoms with van der Waals surface area (Å²) in [5.41, 5.74) is 4.56. The average molecular weight is 515 g/mol. The van der Waals surface area contributed by atoms with E-state index < -0.39 is 11.7 Å². The van der Waals surface area contributed by atoms with Gasteiger partial charge >= 0.3 is 6.09 Å². The topological polar surface area (TPSA) is 94.0 Å². The molecule has 0 bridgehead atoms. The lowest BCUT2D eigenvalue weighted by atomic mass is 10.1. The summed E-state index contributed by atoms with van der Waals surface area (Å²) in [6.07, 6.45) is 4.00. The summed E-state index contributed by atoms with van der Waals surface area (Å²) in [6, 6.07) is 19.2. The number of ether oxygens (including phenoxy) is 2. The van der Waals surface area contributed by atoms with E-state index >= 15 is 0 Å². The number of para-hydroxylation sites is 1. The second kappa shape index (κ2) is 11.9. The fourth-order valence-electron chi connectivity index (χ4n) is 4.05. The van der Waals surface area contributed by atoms with Crippen LogP contribution in [0.3, 0.4) is 0 Å². The lowest BCUT2D eigenvalue weighted by Crippen LogP contribution is -2.32. The van der Waals surface area contributed by atoms with Crippen molar-refractivity contribution in [3.63, 3.8) is 0 Å². The van der Waals surface area contributed by atoms with Crippen LogP contribution in [0.15, 0.2) is 73.1 Å². The Morgan fingerprint density at radius 2 is 1.84 bits per heavy atom. The third-order valence-electron chi connectivity index (χ3n) is 5.77. The summed E-state index contributed by atoms with van der Waals surface area (Å²) in [7, 11) is 0. The van der Waals surface area contributed by atoms with Crippen molar-refractivity contribution in [2.24, 2.45) is 0 Å². The standard InChI is InChI=1S/C30H34N4O4/c1-5-37-17-15-22-11-6-7-13-24(22)33-28(35)27-26-14-9-16-34(26)20-25(32-27)23-12-8-10-21(18-23)19-31-29(36)38-30(2,3)4/h6-14,16,18,20H,5,15,17,19H2,1-4H3,(H,31,36)(H,33,35). The summed E-state index contributed by atoms with van der Waals surface area (Å²) < 4.78 is 12.7. The number of carbonyl (C=O) groups excluding carboxylic acids is 2. The molecule has 0 fully saturated rings. The van der Waals surface area contributed by atoms with Gasteiger partial charge in [0.05, 0.1) is 17.8 Å². The Hall–Kier alpha value is -4.17. The van der Waals surface area contributed by atoms with Gasteiger partial charge in [0.15, 0.2) is 5.69 Å². The molecule has 0 unspecified atom stereocenters. The van der Waals surface area contributed by atoms with Crippen molar-refractivity contribution < 1.29 is 19.1 Å². The van der Waals surface area contributed by atoms with Crippen molar-refractivity contribution in [3.05, 3.63) is 89.9 Å². The van der Waals surface area contributed by atoms with E-state index in [1.54, 1.807) is 0 Å². The minimum atomic E-state index is -0.567. The number of nitrogens with one attached hydrogen (secondary N) is 2. The van der Waals surface area contributed by atoms with Crippen LogP contribution in [0.1, 0.15) is 49.3 Å². The fourth-order valence-corrected chi connectivity index (χ4v) is 4.05. The number of benzene rings is 2. The van der Waals surface area contributed by atoms with E-state index in [1.165, 1.54) is 0 Å². The SMILES string of the molecule is CCOCCc1ccccc1NC(=O)c1nc(-c2cccc(CNC(=O)OC(C)(C)C)c2)cn2cccc12. The van der Waals surface area contributed by atoms with Crippen LogP contribution in [0.25, 0.3) is 16.8 Å². The van der Waals surface area contributed by atoms with Gasteiger partial charge in [0.25, 0.3) is 5.91 Å². The highest BCUT2D eigenvalue weighted by Gasteiger charge is 2.18. The van der Waals surface area contributed by atoms with Crippen molar-refractivity contribution in [1.29, 1.82) is 0 Å². The van der Waals surface area contributed by atoms with Crippen LogP contribution >= 0.6 is 0 Å². The number of amides is 2. The van der Waals surface area contributed by atoms with Gasteiger partial charge in [-0.15, -0.1) is 0 Å². The molecule has 198 valence electrons. The van der Waals surface area contributed by atoms with Crippen LogP contribution in [0.5, 0.6) is 0 Å². The van der Waals surface area contributed by atoms with E-state index in [4.69, 9.17) is 14.5 Å². The molecule has 2 aromatic carbocycles. The van der Waals surface area contributed by atoms with E-state index in [0.717, 1.165) is 22.4 Å². The number of anilines is 1. The number of nitrogens with zero attached hydrogens (tertiary/aromatic N) is 2. The third kappa shape index (κ3) is 6.98. The number of aromatic nitrogens is 2. The summed E-state index contributed by atoms with van der Waals surface area (Å²) in [4.78, 5) is 30.3. The molecular weight excluding hydrogens is 480 g/mol. The van der Waals surface area contributed by atoms with Crippen molar-refractivity contribution in [2.45, 2.75) is 46.3 Å². The molecule has 0 aliphatic carbocycles. The molecule has 4 rings (SSSR count). The number of hydrogen-bond acceptors (Lipinski definition) is 5. The van der Waals surface area contributed by atoms with Crippen molar-refractivity contribution in [3.8, 4) is 11.3 Å². The number of rotatable bonds is 9. The fraction of sp³-hybridized carbons (Fsp3) is 0.300. The molecule has 0 saturated carbocycles. The molecule has 38 heavy (non-hydrogen) atoms. The zero-order valence-corrected chi connectivity index (χ0v) is 22.3. The molecule has 0 saturated heterocycles. The molecule has 2 heterocycles. The van der Waals surface area contributed by atoms with E-state index in [-0.39, 0.29) is 5.91 Å². The first-order valence-electron chi connectivity index (χ1n) is 12.7. The second-order valence-electron chi connectivity index (χ2n) is 9.89. The molecular formula is C30H34N4O4. The normalized spacial score (nSPS) is 11.4. The minimum absolute atomic E-state index is 0.290. The van der Waals surface area contributed by atoms with Gasteiger partial charge in [0.2, 0.25) is 0 Å². The van der Waals surface area contributed by atoms with Gasteiger partial charge in [-0.1, -0.05) is 36.4 Å². The molecule has 2 amide bonds. The maximum absolute atomic E-state index is 13.5. The van der Waals surface area contributed by atoms with Crippen LogP contribution in [-0.4, -0.2) is 40.2 Å². The summed E-state index contributed by atoms with van der Waals surface area (Å²) in [5, 5.41) is 5.83. The van der Waals surface area contributed by atoms with Crippen LogP contribution < -0.4 is 10.6 Å². The molecule has 2 aromatic heterocycles. The lowest BCUT2D eigenvalue weighted by Gasteiger charge is -2.19. The smallest absolute Gasteiger partial charge is 0.407 e. The van der Waals surface area contributed by atoms with Gasteiger partial charge in [-0.25, -0.2) is 9.78 Å². The molecule has 4 aromatic rings. The van der Waals surface area contributed by atoms with Crippen LogP contribution in [0.4, 0.5) is 10.5 Å². The Bertz CT molecular complexity index is 1420. The summed E-state index contributed by atoms with van der Waals surface area (Å²) >= 11 is 0. The van der Waals surface area contributed by atoms with Gasteiger partial charge in [-0.2, -0.15) is 0 Å². The first kappa shape index (κ1) is 26.9. The van der Waals surface area contributed by atoms with E-state index in [2.05, 4.69) is 10.6 Å². The molecule has 0 radical (unpaired) electrons. The van der Waals surface area contributed by atoms with Gasteiger partial charge in [0.1, 0.15) is 5.60 Å². The minimum Gasteiger partial charge on any atom is -0.444 e. The molecule has 8 heteroatoms. The first-order chi connectivity index (χ1) is 18.2. The van der Waals surface area contributed by atoms with Crippen LogP contribution in [0.2, 0.25) is 0 Å². The van der Waals surface area contributed by atoms with Crippen molar-refractivity contribution in [2.75, 3.05) is 18.5 Å². The molecule has 8 nitrogen and oxygen atoms in total. The Kier molecular flexibility index (Phi) is 8.43. The quantitative estimate of drug-likeness (QED) is 0.273. The zero-order valence-electron chi connectivity index (χ0n) is 22.3. The molecule has 0 atom stereocenters. The highest BCUT2D eigenvalue weighted by Crippen LogP contribution is 2.23. The van der Waals surface area contributed by atoms with Gasteiger partial charge < -0.3 is 24.5 Å². The Morgan fingerprint density at radius 3 is 2.63 bits per heavy atom. The molecule has 2 N–H and O–H groups in total. The van der Waals surface area contributed by atoms with Gasteiger partial charge in [-0.05, 0) is 69.5 Å². The molecule has 0 aliphatic heterocycles. The van der Waals surface area contributed by atoms with Crippen molar-refractivity contribution in [1.82, 2.24) is 14.7 Å². The van der Waals surface area contributed by atoms with E-state index in [9.17, 15) is 9.59 Å². The Labute approximate surface area is 223 Å². The van der Waals surface area contributed by atoms with Crippen LogP contribution in [-0.2, 0) is 22.4 Å². The third-order valence-corrected chi connectivity index (χ3v) is 5.77. The number of carbonyl (C=O) groups is 2. The molecule has 0 spiro atoms. The van der Waals surface area contributed by atoms with E-state index in [0.29, 0.717) is 43.1 Å². The van der Waals surface area contributed by atoms with Crippen molar-refractivity contribution >= 4 is 23.2 Å². The lowest BCUT2D eigenvalue weighted by molar-refractivity contribution is 0.0523. The second-order valence-corrected chi connectivity index (χ2v) is 9.89. The summed E-state index contributed by atoms with van der Waals surface area (Å²) in [5.74, 6) is -0.290. The predicted octanol–water partition coefficient (Wildman–Crippen LogP) is 5.86. The maximum atomic E-state index is 13.5. The first-order valence-corrected chi connectivity index (χ1v) is 12.7. The predicted molar refractivity (Wildman–Crippen MR) is 148 cm³/mol. The number of fused-ring (bicyclic) bond motifs is 1. The van der Waals surface area contributed by atoms with Crippen LogP contribution in [0, 0.1) is 0 Å². The maximum Gasteiger partial charge on any atom is 0.407 e. The Morgan fingerprint density at radius 1 is 1.03 bits per heavy atom. The zero-order chi connectivity index (χ0) is 27.1. The average Bonchev–Trinajstić information content (AvgIpc) is 3.36. The van der Waals surface area contributed by atoms with Gasteiger partial charge in [-0.3, -0.25) is 4.79 Å². The summed E-state index contributed by atoms with van der Waals surface area (Å²) in [6.45, 7) is 8.97. The van der Waals surface area contributed by atoms with E-state index in [1.807, 2.05) is 105 Å². The number of hydrogen-bond donors (Lipinski definition) is 2. The Balaban J connectivity index is 1.57. The largest absolute Gasteiger partial charge is 0.444 e. The highest BCUT2D eigenvalue weighted by molar-refractivity contribution is 6.08. The van der Waals surface area contributed by atoms with Gasteiger partial charge in [0, 0.05) is 36.8 Å². The monoisotopic (exact) mass is 514 g/mol.